The minimum absolute atomic E-state index is 0.0212. The Hall–Kier alpha value is -4.77. The first-order chi connectivity index (χ1) is 17.5. The number of non-ortho nitro benzene ring substituents is 1. The highest BCUT2D eigenvalue weighted by molar-refractivity contribution is 7.14. The summed E-state index contributed by atoms with van der Waals surface area (Å²) in [5, 5.41) is 17.4. The summed E-state index contributed by atoms with van der Waals surface area (Å²) in [5.41, 5.74) is 5.32. The number of aromatic nitrogens is 1. The molecule has 0 aliphatic heterocycles. The quantitative estimate of drug-likeness (QED) is 0.106. The Kier molecular flexibility index (Phi) is 7.51. The van der Waals surface area contributed by atoms with Gasteiger partial charge in [0.05, 0.1) is 31.1 Å². The minimum Gasteiger partial charge on any atom is -0.496 e. The molecule has 0 aliphatic rings. The predicted molar refractivity (Wildman–Crippen MR) is 136 cm³/mol. The number of ether oxygens (including phenoxy) is 3. The summed E-state index contributed by atoms with van der Waals surface area (Å²) in [6.45, 7) is 0. The number of benzene rings is 3. The van der Waals surface area contributed by atoms with E-state index in [2.05, 4.69) is 15.5 Å². The number of para-hydroxylation sites is 1. The SMILES string of the molecule is COc1cc(/C=N/Nc2nc(-c3ccc([N+](=O)[O-])cc3)cs2)ccc1OC(=O)c1ccccc1OC. The molecule has 4 rings (SSSR count). The molecule has 3 aromatic carbocycles. The largest absolute Gasteiger partial charge is 0.496 e. The number of hydrazone groups is 1. The average molecular weight is 505 g/mol. The van der Waals surface area contributed by atoms with Crippen molar-refractivity contribution in [2.45, 2.75) is 0 Å². The molecule has 0 amide bonds. The van der Waals surface area contributed by atoms with Crippen LogP contribution in [0.5, 0.6) is 17.2 Å². The maximum Gasteiger partial charge on any atom is 0.347 e. The zero-order chi connectivity index (χ0) is 25.5. The molecule has 36 heavy (non-hydrogen) atoms. The number of nitrogens with one attached hydrogen (secondary N) is 1. The second kappa shape index (κ2) is 11.1. The molecule has 0 radical (unpaired) electrons. The van der Waals surface area contributed by atoms with Crippen LogP contribution in [-0.2, 0) is 0 Å². The third-order valence-corrected chi connectivity index (χ3v) is 5.72. The lowest BCUT2D eigenvalue weighted by atomic mass is 10.1. The fourth-order valence-electron chi connectivity index (χ4n) is 3.19. The molecule has 0 aliphatic carbocycles. The van der Waals surface area contributed by atoms with Crippen molar-refractivity contribution in [3.05, 3.63) is 93.4 Å². The fraction of sp³-hybridized carbons (Fsp3) is 0.0800. The van der Waals surface area contributed by atoms with Gasteiger partial charge in [0.1, 0.15) is 11.3 Å². The summed E-state index contributed by atoms with van der Waals surface area (Å²) in [4.78, 5) is 27.4. The van der Waals surface area contributed by atoms with Gasteiger partial charge in [0.15, 0.2) is 11.5 Å². The molecule has 1 heterocycles. The molecule has 0 saturated carbocycles. The molecule has 4 aromatic rings. The highest BCUT2D eigenvalue weighted by Gasteiger charge is 2.16. The number of rotatable bonds is 9. The van der Waals surface area contributed by atoms with Crippen molar-refractivity contribution in [1.29, 1.82) is 0 Å². The number of hydrogen-bond donors (Lipinski definition) is 1. The lowest BCUT2D eigenvalue weighted by Crippen LogP contribution is -2.10. The van der Waals surface area contributed by atoms with Gasteiger partial charge in [-0.15, -0.1) is 11.3 Å². The number of carbonyl (C=O) groups is 1. The molecule has 0 unspecified atom stereocenters. The molecule has 11 heteroatoms. The van der Waals surface area contributed by atoms with E-state index in [0.29, 0.717) is 33.5 Å². The third-order valence-electron chi connectivity index (χ3n) is 4.97. The second-order valence-corrected chi connectivity index (χ2v) is 8.07. The van der Waals surface area contributed by atoms with Gasteiger partial charge in [0, 0.05) is 23.1 Å². The molecular weight excluding hydrogens is 484 g/mol. The molecule has 0 saturated heterocycles. The number of hydrogen-bond acceptors (Lipinski definition) is 10. The van der Waals surface area contributed by atoms with E-state index in [4.69, 9.17) is 14.2 Å². The van der Waals surface area contributed by atoms with E-state index in [9.17, 15) is 14.9 Å². The molecule has 0 fully saturated rings. The van der Waals surface area contributed by atoms with Crippen molar-refractivity contribution in [3.8, 4) is 28.5 Å². The van der Waals surface area contributed by atoms with Crippen LogP contribution in [0.15, 0.2) is 77.2 Å². The number of nitro benzene ring substituents is 1. The fourth-order valence-corrected chi connectivity index (χ4v) is 3.86. The summed E-state index contributed by atoms with van der Waals surface area (Å²) >= 11 is 1.35. The van der Waals surface area contributed by atoms with E-state index in [0.717, 1.165) is 5.56 Å². The Morgan fingerprint density at radius 2 is 1.78 bits per heavy atom. The van der Waals surface area contributed by atoms with Crippen LogP contribution in [0.1, 0.15) is 15.9 Å². The molecule has 1 aromatic heterocycles. The van der Waals surface area contributed by atoms with Gasteiger partial charge in [-0.2, -0.15) is 5.10 Å². The van der Waals surface area contributed by atoms with Gasteiger partial charge in [0.25, 0.3) is 5.69 Å². The number of anilines is 1. The first-order valence-corrected chi connectivity index (χ1v) is 11.4. The Labute approximate surface area is 209 Å². The zero-order valence-corrected chi connectivity index (χ0v) is 20.0. The van der Waals surface area contributed by atoms with E-state index in [1.807, 2.05) is 5.38 Å². The van der Waals surface area contributed by atoms with Gasteiger partial charge in [-0.1, -0.05) is 12.1 Å². The van der Waals surface area contributed by atoms with Crippen molar-refractivity contribution < 1.29 is 23.9 Å². The normalized spacial score (nSPS) is 10.7. The van der Waals surface area contributed by atoms with Crippen molar-refractivity contribution in [3.63, 3.8) is 0 Å². The summed E-state index contributed by atoms with van der Waals surface area (Å²) in [7, 11) is 2.96. The number of carbonyl (C=O) groups excluding carboxylic acids is 1. The highest BCUT2D eigenvalue weighted by atomic mass is 32.1. The summed E-state index contributed by atoms with van der Waals surface area (Å²) < 4.78 is 16.1. The monoisotopic (exact) mass is 504 g/mol. The van der Waals surface area contributed by atoms with Gasteiger partial charge in [-0.3, -0.25) is 15.5 Å². The Morgan fingerprint density at radius 3 is 2.50 bits per heavy atom. The molecule has 182 valence electrons. The molecule has 0 atom stereocenters. The van der Waals surface area contributed by atoms with Crippen molar-refractivity contribution in [1.82, 2.24) is 4.98 Å². The number of methoxy groups -OCH3 is 2. The second-order valence-electron chi connectivity index (χ2n) is 7.21. The maximum absolute atomic E-state index is 12.6. The summed E-state index contributed by atoms with van der Waals surface area (Å²) in [6, 6.07) is 18.0. The third kappa shape index (κ3) is 5.65. The van der Waals surface area contributed by atoms with Crippen LogP contribution in [0, 0.1) is 10.1 Å². The number of nitro groups is 1. The van der Waals surface area contributed by atoms with Gasteiger partial charge < -0.3 is 14.2 Å². The molecular formula is C25H20N4O6S. The van der Waals surface area contributed by atoms with Crippen LogP contribution in [0.25, 0.3) is 11.3 Å². The smallest absolute Gasteiger partial charge is 0.347 e. The lowest BCUT2D eigenvalue weighted by molar-refractivity contribution is -0.384. The van der Waals surface area contributed by atoms with Crippen LogP contribution >= 0.6 is 11.3 Å². The standard InChI is InChI=1S/C25H20N4O6S/c1-33-21-6-4-3-5-19(21)24(30)35-22-12-7-16(13-23(22)34-2)14-26-28-25-27-20(15-36-25)17-8-10-18(11-9-17)29(31)32/h3-15H,1-2H3,(H,27,28)/b26-14+. The van der Waals surface area contributed by atoms with Crippen molar-refractivity contribution >= 4 is 34.3 Å². The Bertz CT molecular complexity index is 1420. The van der Waals surface area contributed by atoms with Gasteiger partial charge in [-0.05, 0) is 48.0 Å². The van der Waals surface area contributed by atoms with E-state index in [1.165, 1.54) is 37.7 Å². The van der Waals surface area contributed by atoms with Crippen molar-refractivity contribution in [2.24, 2.45) is 5.10 Å². The predicted octanol–water partition coefficient (Wildman–Crippen LogP) is 5.40. The lowest BCUT2D eigenvalue weighted by Gasteiger charge is -2.11. The van der Waals surface area contributed by atoms with Crippen molar-refractivity contribution in [2.75, 3.05) is 19.6 Å². The molecule has 1 N–H and O–H groups in total. The van der Waals surface area contributed by atoms with Crippen LogP contribution < -0.4 is 19.6 Å². The van der Waals surface area contributed by atoms with Crippen LogP contribution in [-0.4, -0.2) is 36.3 Å². The molecule has 0 spiro atoms. The van der Waals surface area contributed by atoms with E-state index >= 15 is 0 Å². The first kappa shape index (κ1) is 24.4. The Morgan fingerprint density at radius 1 is 1.03 bits per heavy atom. The van der Waals surface area contributed by atoms with Gasteiger partial charge in [0.2, 0.25) is 5.13 Å². The average Bonchev–Trinajstić information content (AvgIpc) is 3.38. The first-order valence-electron chi connectivity index (χ1n) is 10.5. The molecule has 10 nitrogen and oxygen atoms in total. The highest BCUT2D eigenvalue weighted by Crippen LogP contribution is 2.30. The number of esters is 1. The van der Waals surface area contributed by atoms with Crippen LogP contribution in [0.2, 0.25) is 0 Å². The number of nitrogens with zero attached hydrogens (tertiary/aromatic N) is 3. The van der Waals surface area contributed by atoms with Gasteiger partial charge >= 0.3 is 5.97 Å². The van der Waals surface area contributed by atoms with E-state index in [-0.39, 0.29) is 11.4 Å². The number of thiazole rings is 1. The van der Waals surface area contributed by atoms with Crippen LogP contribution in [0.3, 0.4) is 0 Å². The zero-order valence-electron chi connectivity index (χ0n) is 19.2. The summed E-state index contributed by atoms with van der Waals surface area (Å²) in [6.07, 6.45) is 1.57. The minimum atomic E-state index is -0.568. The van der Waals surface area contributed by atoms with E-state index < -0.39 is 10.9 Å². The Balaban J connectivity index is 1.41. The van der Waals surface area contributed by atoms with Gasteiger partial charge in [-0.25, -0.2) is 9.78 Å². The van der Waals surface area contributed by atoms with E-state index in [1.54, 1.807) is 60.8 Å². The molecule has 0 bridgehead atoms. The maximum atomic E-state index is 12.6. The summed E-state index contributed by atoms with van der Waals surface area (Å²) in [5.74, 6) is 0.458. The topological polar surface area (TPSA) is 125 Å². The van der Waals surface area contributed by atoms with Crippen LogP contribution in [0.4, 0.5) is 10.8 Å².